The molecule has 0 aliphatic rings. The fourth-order valence-corrected chi connectivity index (χ4v) is 3.70. The molecule has 6 heteroatoms. The van der Waals surface area contributed by atoms with Crippen LogP contribution in [0.5, 0.6) is 0 Å². The molecule has 0 radical (unpaired) electrons. The SMILES string of the molecule is CC[N+](CC)(CCCNC(=O)Nc1ccc(Br)cc1)CCc1ccc(Cl)cc1. The van der Waals surface area contributed by atoms with E-state index in [1.807, 2.05) is 36.4 Å². The van der Waals surface area contributed by atoms with Crippen molar-refractivity contribution in [2.75, 3.05) is 38.0 Å². The van der Waals surface area contributed by atoms with Crippen molar-refractivity contribution >= 4 is 39.2 Å². The molecule has 2 amide bonds. The minimum absolute atomic E-state index is 0.158. The molecule has 0 atom stereocenters. The van der Waals surface area contributed by atoms with Crippen molar-refractivity contribution in [2.24, 2.45) is 0 Å². The molecule has 0 heterocycles. The molecular weight excluding hydrogens is 438 g/mol. The Bertz CT molecular complexity index is 730. The van der Waals surface area contributed by atoms with E-state index in [-0.39, 0.29) is 6.03 Å². The number of nitrogens with one attached hydrogen (secondary N) is 2. The molecule has 0 unspecified atom stereocenters. The van der Waals surface area contributed by atoms with Gasteiger partial charge in [0.05, 0.1) is 26.2 Å². The highest BCUT2D eigenvalue weighted by atomic mass is 79.9. The second-order valence-electron chi connectivity index (χ2n) is 7.04. The predicted octanol–water partition coefficient (Wildman–Crippen LogP) is 5.71. The Labute approximate surface area is 182 Å². The highest BCUT2D eigenvalue weighted by Crippen LogP contribution is 2.15. The van der Waals surface area contributed by atoms with E-state index in [1.54, 1.807) is 0 Å². The third-order valence-corrected chi connectivity index (χ3v) is 6.11. The molecule has 0 aliphatic heterocycles. The molecule has 2 N–H and O–H groups in total. The number of rotatable bonds is 10. The number of quaternary nitrogens is 1. The summed E-state index contributed by atoms with van der Waals surface area (Å²) in [6, 6.07) is 15.5. The third kappa shape index (κ3) is 7.46. The summed E-state index contributed by atoms with van der Waals surface area (Å²) in [4.78, 5) is 12.0. The summed E-state index contributed by atoms with van der Waals surface area (Å²) in [6.07, 6.45) is 1.99. The highest BCUT2D eigenvalue weighted by molar-refractivity contribution is 9.10. The highest BCUT2D eigenvalue weighted by Gasteiger charge is 2.22. The van der Waals surface area contributed by atoms with Gasteiger partial charge < -0.3 is 15.1 Å². The lowest BCUT2D eigenvalue weighted by Crippen LogP contribution is -2.50. The number of carbonyl (C=O) groups excluding carboxylic acids is 1. The molecular formula is C22H30BrClN3O+. The van der Waals surface area contributed by atoms with Crippen LogP contribution >= 0.6 is 27.5 Å². The molecule has 2 aromatic rings. The number of nitrogens with zero attached hydrogens (tertiary/aromatic N) is 1. The smallest absolute Gasteiger partial charge is 0.319 e. The molecule has 0 saturated heterocycles. The number of hydrogen-bond acceptors (Lipinski definition) is 1. The molecule has 2 aromatic carbocycles. The molecule has 0 aromatic heterocycles. The van der Waals surface area contributed by atoms with Crippen LogP contribution in [-0.4, -0.2) is 43.2 Å². The van der Waals surface area contributed by atoms with Gasteiger partial charge in [-0.1, -0.05) is 39.7 Å². The molecule has 0 bridgehead atoms. The summed E-state index contributed by atoms with van der Waals surface area (Å²) in [6.45, 7) is 9.50. The van der Waals surface area contributed by atoms with Crippen LogP contribution in [0, 0.1) is 0 Å². The zero-order valence-corrected chi connectivity index (χ0v) is 19.0. The van der Waals surface area contributed by atoms with Gasteiger partial charge in [0.15, 0.2) is 0 Å². The fourth-order valence-electron chi connectivity index (χ4n) is 3.31. The Morgan fingerprint density at radius 1 is 1.00 bits per heavy atom. The second-order valence-corrected chi connectivity index (χ2v) is 8.39. The summed E-state index contributed by atoms with van der Waals surface area (Å²) in [5.41, 5.74) is 2.11. The van der Waals surface area contributed by atoms with Crippen LogP contribution in [0.15, 0.2) is 53.0 Å². The van der Waals surface area contributed by atoms with E-state index in [2.05, 4.69) is 52.5 Å². The van der Waals surface area contributed by atoms with Gasteiger partial charge in [-0.05, 0) is 55.8 Å². The van der Waals surface area contributed by atoms with Crippen molar-refractivity contribution in [1.29, 1.82) is 0 Å². The van der Waals surface area contributed by atoms with Gasteiger partial charge >= 0.3 is 6.03 Å². The van der Waals surface area contributed by atoms with E-state index < -0.39 is 0 Å². The Kier molecular flexibility index (Phi) is 9.29. The minimum Gasteiger partial charge on any atom is -0.338 e. The normalized spacial score (nSPS) is 11.3. The molecule has 4 nitrogen and oxygen atoms in total. The van der Waals surface area contributed by atoms with E-state index in [1.165, 1.54) is 5.56 Å². The number of carbonyl (C=O) groups is 1. The van der Waals surface area contributed by atoms with Gasteiger partial charge in [0.2, 0.25) is 0 Å². The molecule has 0 aliphatic carbocycles. The van der Waals surface area contributed by atoms with Crippen LogP contribution in [0.1, 0.15) is 25.8 Å². The van der Waals surface area contributed by atoms with E-state index in [0.29, 0.717) is 6.54 Å². The Morgan fingerprint density at radius 3 is 2.25 bits per heavy atom. The zero-order chi connectivity index (χ0) is 20.4. The number of anilines is 1. The molecule has 0 spiro atoms. The fraction of sp³-hybridized carbons (Fsp3) is 0.409. The first-order valence-corrected chi connectivity index (χ1v) is 11.0. The maximum Gasteiger partial charge on any atom is 0.319 e. The van der Waals surface area contributed by atoms with Crippen molar-refractivity contribution in [2.45, 2.75) is 26.7 Å². The van der Waals surface area contributed by atoms with Crippen molar-refractivity contribution < 1.29 is 9.28 Å². The average molecular weight is 468 g/mol. The number of hydrogen-bond donors (Lipinski definition) is 2. The monoisotopic (exact) mass is 466 g/mol. The van der Waals surface area contributed by atoms with Gasteiger partial charge in [-0.25, -0.2) is 4.79 Å². The molecule has 152 valence electrons. The Balaban J connectivity index is 1.76. The van der Waals surface area contributed by atoms with Crippen LogP contribution in [0.3, 0.4) is 0 Å². The largest absolute Gasteiger partial charge is 0.338 e. The lowest BCUT2D eigenvalue weighted by Gasteiger charge is -2.37. The summed E-state index contributed by atoms with van der Waals surface area (Å²) < 4.78 is 2.05. The minimum atomic E-state index is -0.158. The van der Waals surface area contributed by atoms with Crippen LogP contribution in [0.4, 0.5) is 10.5 Å². The topological polar surface area (TPSA) is 41.1 Å². The van der Waals surface area contributed by atoms with Gasteiger partial charge in [0.1, 0.15) is 0 Å². The lowest BCUT2D eigenvalue weighted by atomic mass is 10.1. The summed E-state index contributed by atoms with van der Waals surface area (Å²) in [5, 5.41) is 6.60. The number of benzene rings is 2. The average Bonchev–Trinajstić information content (AvgIpc) is 2.71. The lowest BCUT2D eigenvalue weighted by molar-refractivity contribution is -0.924. The number of amides is 2. The van der Waals surface area contributed by atoms with Crippen LogP contribution in [-0.2, 0) is 6.42 Å². The third-order valence-electron chi connectivity index (χ3n) is 5.33. The Hall–Kier alpha value is -1.56. The predicted molar refractivity (Wildman–Crippen MR) is 122 cm³/mol. The van der Waals surface area contributed by atoms with Crippen molar-refractivity contribution in [3.63, 3.8) is 0 Å². The molecule has 2 rings (SSSR count). The molecule has 28 heavy (non-hydrogen) atoms. The summed E-state index contributed by atoms with van der Waals surface area (Å²) in [7, 11) is 0. The van der Waals surface area contributed by atoms with Gasteiger partial charge in [-0.3, -0.25) is 0 Å². The van der Waals surface area contributed by atoms with Crippen LogP contribution < -0.4 is 10.6 Å². The van der Waals surface area contributed by atoms with Gasteiger partial charge in [0, 0.05) is 34.6 Å². The molecule has 0 saturated carbocycles. The van der Waals surface area contributed by atoms with E-state index in [9.17, 15) is 4.79 Å². The first-order chi connectivity index (χ1) is 13.5. The van der Waals surface area contributed by atoms with Crippen molar-refractivity contribution in [1.82, 2.24) is 5.32 Å². The van der Waals surface area contributed by atoms with Crippen molar-refractivity contribution in [3.05, 3.63) is 63.6 Å². The van der Waals surface area contributed by atoms with Crippen molar-refractivity contribution in [3.8, 4) is 0 Å². The van der Waals surface area contributed by atoms with E-state index in [4.69, 9.17) is 11.6 Å². The van der Waals surface area contributed by atoms with E-state index in [0.717, 1.165) is 58.7 Å². The van der Waals surface area contributed by atoms with Crippen LogP contribution in [0.2, 0.25) is 5.02 Å². The zero-order valence-electron chi connectivity index (χ0n) is 16.7. The first kappa shape index (κ1) is 22.7. The number of halogens is 2. The summed E-state index contributed by atoms with van der Waals surface area (Å²) >= 11 is 9.37. The van der Waals surface area contributed by atoms with Gasteiger partial charge in [-0.15, -0.1) is 0 Å². The van der Waals surface area contributed by atoms with E-state index >= 15 is 0 Å². The van der Waals surface area contributed by atoms with Gasteiger partial charge in [0.25, 0.3) is 0 Å². The maximum atomic E-state index is 12.0. The quantitative estimate of drug-likeness (QED) is 0.341. The standard InChI is InChI=1S/C22H29BrClN3O/c1-3-27(4-2,17-14-18-6-10-20(24)11-7-18)16-5-15-25-22(28)26-21-12-8-19(23)9-13-21/h6-13H,3-5,14-17H2,1-2H3,(H-,25,26,28)/p+1. The number of urea groups is 1. The summed E-state index contributed by atoms with van der Waals surface area (Å²) in [5.74, 6) is 0. The number of likely N-dealkylation sites (N-methyl/N-ethyl adjacent to an activating group) is 1. The maximum absolute atomic E-state index is 12.0. The molecule has 0 fully saturated rings. The second kappa shape index (κ2) is 11.4. The van der Waals surface area contributed by atoms with Crippen LogP contribution in [0.25, 0.3) is 0 Å². The first-order valence-electron chi connectivity index (χ1n) is 9.86. The Morgan fingerprint density at radius 2 is 1.64 bits per heavy atom. The van der Waals surface area contributed by atoms with Gasteiger partial charge in [-0.2, -0.15) is 0 Å².